The molecule has 3 nitrogen and oxygen atoms in total. The molecule has 18 heavy (non-hydrogen) atoms. The third kappa shape index (κ3) is 2.76. The zero-order chi connectivity index (χ0) is 13.1. The molecule has 0 aliphatic carbocycles. The summed E-state index contributed by atoms with van der Waals surface area (Å²) in [6, 6.07) is 8.24. The lowest BCUT2D eigenvalue weighted by molar-refractivity contribution is 0.0701. The van der Waals surface area contributed by atoms with Crippen LogP contribution in [0.15, 0.2) is 24.3 Å². The summed E-state index contributed by atoms with van der Waals surface area (Å²) in [7, 11) is 0. The number of hydrogen-bond acceptors (Lipinski definition) is 3. The minimum atomic E-state index is -0.882. The number of rotatable bonds is 4. The Balaban J connectivity index is 2.09. The molecule has 1 aromatic carbocycles. The van der Waals surface area contributed by atoms with Crippen LogP contribution in [0.3, 0.4) is 0 Å². The molecule has 0 aliphatic heterocycles. The fourth-order valence-electron chi connectivity index (χ4n) is 1.89. The van der Waals surface area contributed by atoms with E-state index in [2.05, 4.69) is 24.0 Å². The van der Waals surface area contributed by atoms with Crippen LogP contribution in [0.2, 0.25) is 0 Å². The van der Waals surface area contributed by atoms with Crippen LogP contribution in [0, 0.1) is 13.8 Å². The SMILES string of the molecule is Cc1ccccc1CCc1nc(C)c(C(=O)O)s1. The van der Waals surface area contributed by atoms with Crippen LogP contribution in [-0.2, 0) is 12.8 Å². The average molecular weight is 261 g/mol. The molecule has 0 aliphatic rings. The summed E-state index contributed by atoms with van der Waals surface area (Å²) in [4.78, 5) is 15.6. The number of carboxylic acid groups (broad SMARTS) is 1. The summed E-state index contributed by atoms with van der Waals surface area (Å²) < 4.78 is 0. The van der Waals surface area contributed by atoms with Crippen molar-refractivity contribution in [1.29, 1.82) is 0 Å². The van der Waals surface area contributed by atoms with Crippen molar-refractivity contribution < 1.29 is 9.90 Å². The number of thiazole rings is 1. The number of hydrogen-bond donors (Lipinski definition) is 1. The van der Waals surface area contributed by atoms with E-state index in [1.165, 1.54) is 22.5 Å². The van der Waals surface area contributed by atoms with Gasteiger partial charge < -0.3 is 5.11 Å². The van der Waals surface area contributed by atoms with Gasteiger partial charge in [-0.2, -0.15) is 0 Å². The number of nitrogens with zero attached hydrogens (tertiary/aromatic N) is 1. The Morgan fingerprint density at radius 3 is 2.61 bits per heavy atom. The number of carbonyl (C=O) groups is 1. The molecular formula is C14H15NO2S. The van der Waals surface area contributed by atoms with E-state index in [-0.39, 0.29) is 0 Å². The Kier molecular flexibility index (Phi) is 3.77. The second kappa shape index (κ2) is 5.31. The van der Waals surface area contributed by atoms with E-state index in [9.17, 15) is 4.79 Å². The molecule has 0 saturated heterocycles. The first-order valence-corrected chi connectivity index (χ1v) is 6.63. The maximum Gasteiger partial charge on any atom is 0.347 e. The summed E-state index contributed by atoms with van der Waals surface area (Å²) in [5.74, 6) is -0.882. The fourth-order valence-corrected chi connectivity index (χ4v) is 2.79. The monoisotopic (exact) mass is 261 g/mol. The average Bonchev–Trinajstić information content (AvgIpc) is 2.70. The molecule has 94 valence electrons. The molecule has 2 aromatic rings. The van der Waals surface area contributed by atoms with E-state index in [4.69, 9.17) is 5.11 Å². The van der Waals surface area contributed by atoms with Gasteiger partial charge in [0.2, 0.25) is 0 Å². The Morgan fingerprint density at radius 2 is 2.00 bits per heavy atom. The molecule has 0 radical (unpaired) electrons. The third-order valence-electron chi connectivity index (χ3n) is 2.90. The van der Waals surface area contributed by atoms with Gasteiger partial charge in [0, 0.05) is 6.42 Å². The van der Waals surface area contributed by atoms with Gasteiger partial charge in [0.15, 0.2) is 0 Å². The molecule has 0 atom stereocenters. The lowest BCUT2D eigenvalue weighted by Crippen LogP contribution is -1.94. The summed E-state index contributed by atoms with van der Waals surface area (Å²) >= 11 is 1.28. The molecule has 0 bridgehead atoms. The van der Waals surface area contributed by atoms with E-state index in [0.29, 0.717) is 10.6 Å². The van der Waals surface area contributed by atoms with Gasteiger partial charge in [0.25, 0.3) is 0 Å². The minimum Gasteiger partial charge on any atom is -0.477 e. The standard InChI is InChI=1S/C14H15NO2S/c1-9-5-3-4-6-11(9)7-8-12-15-10(2)13(18-12)14(16)17/h3-6H,7-8H2,1-2H3,(H,16,17). The smallest absolute Gasteiger partial charge is 0.347 e. The second-order valence-electron chi connectivity index (χ2n) is 4.25. The van der Waals surface area contributed by atoms with E-state index in [0.717, 1.165) is 17.8 Å². The van der Waals surface area contributed by atoms with Gasteiger partial charge in [0.05, 0.1) is 10.7 Å². The predicted molar refractivity (Wildman–Crippen MR) is 72.4 cm³/mol. The molecule has 1 heterocycles. The normalized spacial score (nSPS) is 10.6. The largest absolute Gasteiger partial charge is 0.477 e. The predicted octanol–water partition coefficient (Wildman–Crippen LogP) is 3.24. The lowest BCUT2D eigenvalue weighted by Gasteiger charge is -2.03. The van der Waals surface area contributed by atoms with Crippen LogP contribution in [0.4, 0.5) is 0 Å². The van der Waals surface area contributed by atoms with Crippen molar-refractivity contribution in [2.75, 3.05) is 0 Å². The highest BCUT2D eigenvalue weighted by Crippen LogP contribution is 2.20. The van der Waals surface area contributed by atoms with Crippen LogP contribution in [0.25, 0.3) is 0 Å². The highest BCUT2D eigenvalue weighted by atomic mass is 32.1. The van der Waals surface area contributed by atoms with Crippen LogP contribution in [-0.4, -0.2) is 16.1 Å². The van der Waals surface area contributed by atoms with Gasteiger partial charge in [-0.15, -0.1) is 11.3 Å². The van der Waals surface area contributed by atoms with Gasteiger partial charge in [-0.3, -0.25) is 0 Å². The van der Waals surface area contributed by atoms with Crippen LogP contribution < -0.4 is 0 Å². The van der Waals surface area contributed by atoms with Crippen molar-refractivity contribution in [3.05, 3.63) is 51.0 Å². The number of aromatic nitrogens is 1. The van der Waals surface area contributed by atoms with E-state index >= 15 is 0 Å². The van der Waals surface area contributed by atoms with Crippen molar-refractivity contribution in [3.63, 3.8) is 0 Å². The summed E-state index contributed by atoms with van der Waals surface area (Å²) in [5.41, 5.74) is 3.18. The Labute approximate surface area is 110 Å². The first kappa shape index (κ1) is 12.8. The van der Waals surface area contributed by atoms with Crippen LogP contribution in [0.1, 0.15) is 31.5 Å². The molecule has 4 heteroatoms. The van der Waals surface area contributed by atoms with Crippen LogP contribution >= 0.6 is 11.3 Å². The molecule has 1 aromatic heterocycles. The van der Waals surface area contributed by atoms with Crippen molar-refractivity contribution >= 4 is 17.3 Å². The van der Waals surface area contributed by atoms with Crippen molar-refractivity contribution in [2.24, 2.45) is 0 Å². The molecule has 0 spiro atoms. The number of aryl methyl sites for hydroxylation is 4. The van der Waals surface area contributed by atoms with Gasteiger partial charge >= 0.3 is 5.97 Å². The maximum absolute atomic E-state index is 10.9. The first-order chi connectivity index (χ1) is 8.58. The highest BCUT2D eigenvalue weighted by molar-refractivity contribution is 7.13. The quantitative estimate of drug-likeness (QED) is 0.919. The molecule has 0 fully saturated rings. The summed E-state index contributed by atoms with van der Waals surface area (Å²) in [5, 5.41) is 9.88. The van der Waals surface area contributed by atoms with Crippen molar-refractivity contribution in [1.82, 2.24) is 4.98 Å². The highest BCUT2D eigenvalue weighted by Gasteiger charge is 2.13. The van der Waals surface area contributed by atoms with Crippen LogP contribution in [0.5, 0.6) is 0 Å². The Bertz CT molecular complexity index is 575. The maximum atomic E-state index is 10.9. The van der Waals surface area contributed by atoms with E-state index in [1.807, 2.05) is 12.1 Å². The summed E-state index contributed by atoms with van der Waals surface area (Å²) in [6.07, 6.45) is 1.70. The van der Waals surface area contributed by atoms with Gasteiger partial charge in [-0.05, 0) is 31.4 Å². The molecule has 1 N–H and O–H groups in total. The molecule has 0 saturated carbocycles. The van der Waals surface area contributed by atoms with Gasteiger partial charge in [-0.1, -0.05) is 24.3 Å². The third-order valence-corrected chi connectivity index (χ3v) is 4.11. The second-order valence-corrected chi connectivity index (χ2v) is 5.34. The molecule has 0 unspecified atom stereocenters. The topological polar surface area (TPSA) is 50.2 Å². The van der Waals surface area contributed by atoms with E-state index < -0.39 is 5.97 Å². The number of carboxylic acids is 1. The van der Waals surface area contributed by atoms with Gasteiger partial charge in [-0.25, -0.2) is 9.78 Å². The minimum absolute atomic E-state index is 0.356. The zero-order valence-corrected chi connectivity index (χ0v) is 11.3. The summed E-state index contributed by atoms with van der Waals surface area (Å²) in [6.45, 7) is 3.84. The van der Waals surface area contributed by atoms with Crippen molar-refractivity contribution in [3.8, 4) is 0 Å². The zero-order valence-electron chi connectivity index (χ0n) is 10.4. The fraction of sp³-hybridized carbons (Fsp3) is 0.286. The number of benzene rings is 1. The lowest BCUT2D eigenvalue weighted by atomic mass is 10.0. The van der Waals surface area contributed by atoms with E-state index in [1.54, 1.807) is 6.92 Å². The Hall–Kier alpha value is -1.68. The van der Waals surface area contributed by atoms with Gasteiger partial charge in [0.1, 0.15) is 4.88 Å². The van der Waals surface area contributed by atoms with Crippen molar-refractivity contribution in [2.45, 2.75) is 26.7 Å². The number of aromatic carboxylic acids is 1. The Morgan fingerprint density at radius 1 is 1.28 bits per heavy atom. The molecule has 0 amide bonds. The molecule has 2 rings (SSSR count). The molecular weight excluding hydrogens is 246 g/mol. The first-order valence-electron chi connectivity index (χ1n) is 5.82.